The van der Waals surface area contributed by atoms with E-state index in [0.29, 0.717) is 23.9 Å². The maximum atomic E-state index is 12.6. The van der Waals surface area contributed by atoms with Crippen LogP contribution < -0.4 is 0 Å². The molecule has 0 aromatic rings. The van der Waals surface area contributed by atoms with Crippen molar-refractivity contribution in [3.63, 3.8) is 0 Å². The van der Waals surface area contributed by atoms with Crippen molar-refractivity contribution in [2.45, 2.75) is 129 Å². The van der Waals surface area contributed by atoms with Crippen LogP contribution in [-0.4, -0.2) is 42.9 Å². The first-order valence-corrected chi connectivity index (χ1v) is 14.8. The summed E-state index contributed by atoms with van der Waals surface area (Å²) in [6.07, 6.45) is 25.7. The van der Waals surface area contributed by atoms with E-state index in [2.05, 4.69) is 19.1 Å². The molecule has 0 rings (SSSR count). The van der Waals surface area contributed by atoms with Gasteiger partial charge >= 0.3 is 7.60 Å². The first kappa shape index (κ1) is 30.9. The molecule has 31 heavy (non-hydrogen) atoms. The molecule has 2 unspecified atom stereocenters. The second kappa shape index (κ2) is 19.3. The quantitative estimate of drug-likeness (QED) is 0.0763. The monoisotopic (exact) mass is 460 g/mol. The van der Waals surface area contributed by atoms with E-state index in [-0.39, 0.29) is 5.78 Å². The topological polar surface area (TPSA) is 46.5 Å². The predicted octanol–water partition coefficient (Wildman–Crippen LogP) is 8.45. The summed E-state index contributed by atoms with van der Waals surface area (Å²) in [7, 11) is 2.29. The van der Waals surface area contributed by atoms with Gasteiger partial charge in [-0.15, -0.1) is 0 Å². The average molecular weight is 461 g/mol. The van der Waals surface area contributed by atoms with E-state index in [0.717, 1.165) is 12.8 Å². The first-order valence-electron chi connectivity index (χ1n) is 13.2. The fourth-order valence-corrected chi connectivity index (χ4v) is 6.10. The summed E-state index contributed by atoms with van der Waals surface area (Å²) in [5.74, 6) is -0.354. The summed E-state index contributed by atoms with van der Waals surface area (Å²) in [5, 5.41) is 0. The van der Waals surface area contributed by atoms with E-state index in [1.54, 1.807) is 0 Å². The molecule has 0 spiro atoms. The Labute approximate surface area is 195 Å². The molecule has 1 N–H and O–H groups in total. The molecular weight excluding hydrogens is 405 g/mol. The zero-order chi connectivity index (χ0) is 23.4. The van der Waals surface area contributed by atoms with Gasteiger partial charge in [0.2, 0.25) is 0 Å². The molecule has 2 atom stereocenters. The highest BCUT2D eigenvalue weighted by atomic mass is 31.2. The van der Waals surface area contributed by atoms with Crippen LogP contribution in [0.15, 0.2) is 12.2 Å². The minimum Gasteiger partial charge on any atom is -0.320 e. The van der Waals surface area contributed by atoms with Crippen LogP contribution in [-0.2, 0) is 9.09 Å². The van der Waals surface area contributed by atoms with Gasteiger partial charge in [0.1, 0.15) is 0 Å². The summed E-state index contributed by atoms with van der Waals surface area (Å²) in [5.41, 5.74) is 0. The van der Waals surface area contributed by atoms with Crippen LogP contribution in [0, 0.1) is 0 Å². The molecule has 4 nitrogen and oxygen atoms in total. The van der Waals surface area contributed by atoms with Crippen molar-refractivity contribution in [2.75, 3.05) is 27.7 Å². The molecule has 0 bridgehead atoms. The van der Waals surface area contributed by atoms with Gasteiger partial charge in [-0.2, -0.15) is 0 Å². The van der Waals surface area contributed by atoms with E-state index in [9.17, 15) is 9.46 Å². The molecule has 0 aromatic carbocycles. The van der Waals surface area contributed by atoms with E-state index in [1.807, 2.05) is 28.1 Å². The second-order valence-electron chi connectivity index (χ2n) is 10.1. The Morgan fingerprint density at radius 3 is 1.65 bits per heavy atom. The maximum Gasteiger partial charge on any atom is 0.385 e. The molecule has 0 aliphatic carbocycles. The van der Waals surface area contributed by atoms with Gasteiger partial charge in [0, 0.05) is 6.42 Å². The van der Waals surface area contributed by atoms with Crippen molar-refractivity contribution in [3.8, 4) is 0 Å². The molecule has 0 aromatic heterocycles. The number of hydrogen-bond donors (Lipinski definition) is 1. The second-order valence-corrected chi connectivity index (χ2v) is 12.1. The predicted molar refractivity (Wildman–Crippen MR) is 137 cm³/mol. The molecule has 0 aliphatic heterocycles. The lowest BCUT2D eigenvalue weighted by Crippen LogP contribution is -2.45. The Bertz CT molecular complexity index is 474. The van der Waals surface area contributed by atoms with Crippen molar-refractivity contribution in [2.24, 2.45) is 0 Å². The van der Waals surface area contributed by atoms with Crippen LogP contribution in [0.2, 0.25) is 0 Å². The largest absolute Gasteiger partial charge is 0.385 e. The third kappa shape index (κ3) is 18.0. The lowest BCUT2D eigenvalue weighted by Gasteiger charge is -2.35. The summed E-state index contributed by atoms with van der Waals surface area (Å²) in [6, 6.07) is 0. The summed E-state index contributed by atoms with van der Waals surface area (Å²) < 4.78 is 18.5. The van der Waals surface area contributed by atoms with Crippen LogP contribution in [0.5, 0.6) is 0 Å². The molecule has 0 amide bonds. The van der Waals surface area contributed by atoms with Crippen molar-refractivity contribution < 1.29 is 18.5 Å². The van der Waals surface area contributed by atoms with Gasteiger partial charge in [0.05, 0.1) is 27.7 Å². The lowest BCUT2D eigenvalue weighted by molar-refractivity contribution is -0.883. The van der Waals surface area contributed by atoms with Crippen molar-refractivity contribution in [1.29, 1.82) is 0 Å². The van der Waals surface area contributed by atoms with E-state index < -0.39 is 7.60 Å². The molecule has 0 aliphatic rings. The Balaban J connectivity index is 3.60. The molecule has 0 saturated carbocycles. The molecule has 0 saturated heterocycles. The number of unbranched alkanes of at least 4 members (excludes halogenated alkanes) is 13. The van der Waals surface area contributed by atoms with Gasteiger partial charge in [0.15, 0.2) is 5.78 Å². The molecule has 0 fully saturated rings. The van der Waals surface area contributed by atoms with Crippen LogP contribution in [0.25, 0.3) is 0 Å². The van der Waals surface area contributed by atoms with Gasteiger partial charge < -0.3 is 13.9 Å². The zero-order valence-electron chi connectivity index (χ0n) is 21.6. The Morgan fingerprint density at radius 1 is 0.742 bits per heavy atom. The summed E-state index contributed by atoms with van der Waals surface area (Å²) in [6.45, 7) is 4.64. The minimum atomic E-state index is -3.59. The van der Waals surface area contributed by atoms with Crippen LogP contribution >= 0.6 is 7.60 Å². The summed E-state index contributed by atoms with van der Waals surface area (Å²) in [4.78, 5) is 10.4. The number of quaternary nitrogens is 1. The number of nitrogens with zero attached hydrogens (tertiary/aromatic N) is 1. The highest BCUT2D eigenvalue weighted by Gasteiger charge is 2.41. The fourth-order valence-electron chi connectivity index (χ4n) is 4.10. The molecule has 0 radical (unpaired) electrons. The normalized spacial score (nSPS) is 15.4. The number of hydrogen-bond acceptors (Lipinski definition) is 2. The molecule has 5 heteroatoms. The van der Waals surface area contributed by atoms with Gasteiger partial charge in [-0.05, 0) is 25.7 Å². The van der Waals surface area contributed by atoms with Crippen LogP contribution in [0.3, 0.4) is 0 Å². The molecule has 0 heterocycles. The third-order valence-corrected chi connectivity index (χ3v) is 8.28. The van der Waals surface area contributed by atoms with Crippen molar-refractivity contribution in [1.82, 2.24) is 0 Å². The van der Waals surface area contributed by atoms with Gasteiger partial charge in [-0.25, -0.2) is 0 Å². The Hall–Kier alpha value is -0.150. The third-order valence-electron chi connectivity index (χ3n) is 6.02. The SMILES string of the molecule is CCCCCCCCCCCCCCC/C=C\CCOP(=O)(O)C(CCC)[N+](C)(C)C. The lowest BCUT2D eigenvalue weighted by atomic mass is 10.0. The van der Waals surface area contributed by atoms with Crippen molar-refractivity contribution in [3.05, 3.63) is 12.2 Å². The zero-order valence-corrected chi connectivity index (χ0v) is 22.5. The maximum absolute atomic E-state index is 12.6. The molecular formula is C26H55NO3P+. The van der Waals surface area contributed by atoms with Gasteiger partial charge in [-0.3, -0.25) is 4.57 Å². The first-order chi connectivity index (χ1) is 14.8. The Kier molecular flexibility index (Phi) is 19.2. The minimum absolute atomic E-state index is 0.323. The average Bonchev–Trinajstić information content (AvgIpc) is 2.70. The van der Waals surface area contributed by atoms with E-state index in [1.165, 1.54) is 83.5 Å². The van der Waals surface area contributed by atoms with Gasteiger partial charge in [0.25, 0.3) is 0 Å². The van der Waals surface area contributed by atoms with Crippen molar-refractivity contribution >= 4 is 7.60 Å². The van der Waals surface area contributed by atoms with Gasteiger partial charge in [-0.1, -0.05) is 103 Å². The smallest absolute Gasteiger partial charge is 0.320 e. The fraction of sp³-hybridized carbons (Fsp3) is 0.923. The highest BCUT2D eigenvalue weighted by Crippen LogP contribution is 2.51. The van der Waals surface area contributed by atoms with Crippen LogP contribution in [0.4, 0.5) is 0 Å². The van der Waals surface area contributed by atoms with E-state index >= 15 is 0 Å². The Morgan fingerprint density at radius 2 is 1.19 bits per heavy atom. The number of rotatable bonds is 22. The summed E-state index contributed by atoms with van der Waals surface area (Å²) >= 11 is 0. The van der Waals surface area contributed by atoms with Crippen LogP contribution in [0.1, 0.15) is 123 Å². The standard InChI is InChI=1S/C26H54NO3P/c1-6-8-9-10-11-12-13-14-15-16-17-18-19-20-21-22-23-25-30-31(28,29)26(24-7-2)27(3,4)5/h21-22,26H,6-20,23-25H2,1-5H3/p+1/b22-21-. The highest BCUT2D eigenvalue weighted by molar-refractivity contribution is 7.53. The molecule has 186 valence electrons. The van der Waals surface area contributed by atoms with E-state index in [4.69, 9.17) is 4.52 Å². The number of allylic oxidation sites excluding steroid dienone is 1.